The predicted octanol–water partition coefficient (Wildman–Crippen LogP) is 2.14. The number of halogens is 1. The highest BCUT2D eigenvalue weighted by Crippen LogP contribution is 2.32. The van der Waals surface area contributed by atoms with Crippen molar-refractivity contribution < 1.29 is 4.39 Å². The Bertz CT molecular complexity index is 530. The van der Waals surface area contributed by atoms with Gasteiger partial charge in [0.2, 0.25) is 0 Å². The SMILES string of the molecule is NCC1CCc2c(-c3ccc(F)cc3)ncn21. The molecule has 0 amide bonds. The number of nitrogens with two attached hydrogens (primary N) is 1. The summed E-state index contributed by atoms with van der Waals surface area (Å²) < 4.78 is 15.0. The zero-order valence-corrected chi connectivity index (χ0v) is 9.44. The van der Waals surface area contributed by atoms with Gasteiger partial charge < -0.3 is 10.3 Å². The molecule has 2 heterocycles. The number of fused-ring (bicyclic) bond motifs is 1. The lowest BCUT2D eigenvalue weighted by molar-refractivity contribution is 0.536. The van der Waals surface area contributed by atoms with E-state index in [0.717, 1.165) is 24.1 Å². The van der Waals surface area contributed by atoms with E-state index in [0.29, 0.717) is 12.6 Å². The van der Waals surface area contributed by atoms with Crippen LogP contribution in [0, 0.1) is 5.82 Å². The van der Waals surface area contributed by atoms with Crippen molar-refractivity contribution in [1.29, 1.82) is 0 Å². The Morgan fingerprint density at radius 1 is 1.35 bits per heavy atom. The number of imidazole rings is 1. The first-order valence-corrected chi connectivity index (χ1v) is 5.81. The van der Waals surface area contributed by atoms with Crippen LogP contribution in [-0.2, 0) is 6.42 Å². The maximum absolute atomic E-state index is 12.9. The van der Waals surface area contributed by atoms with Crippen LogP contribution in [0.4, 0.5) is 4.39 Å². The van der Waals surface area contributed by atoms with Crippen LogP contribution in [-0.4, -0.2) is 16.1 Å². The maximum Gasteiger partial charge on any atom is 0.123 e. The second-order valence-corrected chi connectivity index (χ2v) is 4.38. The summed E-state index contributed by atoms with van der Waals surface area (Å²) in [5.41, 5.74) is 8.86. The summed E-state index contributed by atoms with van der Waals surface area (Å²) >= 11 is 0. The van der Waals surface area contributed by atoms with Crippen LogP contribution in [0.15, 0.2) is 30.6 Å². The molecule has 0 saturated heterocycles. The Hall–Kier alpha value is -1.68. The first-order chi connectivity index (χ1) is 8.29. The first kappa shape index (κ1) is 10.5. The largest absolute Gasteiger partial charge is 0.330 e. The van der Waals surface area contributed by atoms with Crippen molar-refractivity contribution in [2.75, 3.05) is 6.54 Å². The topological polar surface area (TPSA) is 43.8 Å². The van der Waals surface area contributed by atoms with Crippen molar-refractivity contribution in [3.8, 4) is 11.3 Å². The average molecular weight is 231 g/mol. The van der Waals surface area contributed by atoms with Crippen LogP contribution in [0.2, 0.25) is 0 Å². The highest BCUT2D eigenvalue weighted by atomic mass is 19.1. The molecule has 0 spiro atoms. The van der Waals surface area contributed by atoms with Crippen LogP contribution in [0.25, 0.3) is 11.3 Å². The number of benzene rings is 1. The van der Waals surface area contributed by atoms with Crippen molar-refractivity contribution in [1.82, 2.24) is 9.55 Å². The molecule has 0 saturated carbocycles. The minimum atomic E-state index is -0.218. The molecule has 1 aromatic carbocycles. The number of hydrogen-bond acceptors (Lipinski definition) is 2. The lowest BCUT2D eigenvalue weighted by Crippen LogP contribution is -2.14. The molecule has 0 fully saturated rings. The van der Waals surface area contributed by atoms with Gasteiger partial charge in [0.25, 0.3) is 0 Å². The summed E-state index contributed by atoms with van der Waals surface area (Å²) in [5, 5.41) is 0. The molecule has 3 rings (SSSR count). The van der Waals surface area contributed by atoms with Gasteiger partial charge in [0.15, 0.2) is 0 Å². The molecule has 0 radical (unpaired) electrons. The Balaban J connectivity index is 2.03. The van der Waals surface area contributed by atoms with Gasteiger partial charge in [-0.15, -0.1) is 0 Å². The highest BCUT2D eigenvalue weighted by molar-refractivity contribution is 5.62. The monoisotopic (exact) mass is 231 g/mol. The fraction of sp³-hybridized carbons (Fsp3) is 0.308. The normalized spacial score (nSPS) is 18.4. The molecule has 2 aromatic rings. The first-order valence-electron chi connectivity index (χ1n) is 5.81. The zero-order valence-electron chi connectivity index (χ0n) is 9.44. The highest BCUT2D eigenvalue weighted by Gasteiger charge is 2.24. The van der Waals surface area contributed by atoms with E-state index in [1.54, 1.807) is 12.1 Å². The lowest BCUT2D eigenvalue weighted by Gasteiger charge is -2.07. The van der Waals surface area contributed by atoms with Crippen molar-refractivity contribution in [3.05, 3.63) is 42.1 Å². The Kier molecular flexibility index (Phi) is 2.44. The van der Waals surface area contributed by atoms with Crippen LogP contribution < -0.4 is 5.73 Å². The molecule has 1 aromatic heterocycles. The third-order valence-electron chi connectivity index (χ3n) is 3.39. The molecule has 0 aliphatic carbocycles. The molecular weight excluding hydrogens is 217 g/mol. The van der Waals surface area contributed by atoms with Gasteiger partial charge >= 0.3 is 0 Å². The van der Waals surface area contributed by atoms with Gasteiger partial charge in [-0.05, 0) is 37.1 Å². The van der Waals surface area contributed by atoms with E-state index in [1.165, 1.54) is 17.8 Å². The van der Waals surface area contributed by atoms with Gasteiger partial charge in [-0.3, -0.25) is 0 Å². The van der Waals surface area contributed by atoms with E-state index < -0.39 is 0 Å². The molecule has 1 aliphatic rings. The molecule has 17 heavy (non-hydrogen) atoms. The summed E-state index contributed by atoms with van der Waals surface area (Å²) in [6.07, 6.45) is 3.91. The Morgan fingerprint density at radius 2 is 2.12 bits per heavy atom. The van der Waals surface area contributed by atoms with E-state index in [4.69, 9.17) is 5.73 Å². The maximum atomic E-state index is 12.9. The zero-order chi connectivity index (χ0) is 11.8. The number of nitrogens with zero attached hydrogens (tertiary/aromatic N) is 2. The van der Waals surface area contributed by atoms with E-state index in [1.807, 2.05) is 6.33 Å². The van der Waals surface area contributed by atoms with Gasteiger partial charge in [-0.25, -0.2) is 9.37 Å². The summed E-state index contributed by atoms with van der Waals surface area (Å²) in [4.78, 5) is 4.42. The van der Waals surface area contributed by atoms with Gasteiger partial charge in [0, 0.05) is 23.8 Å². The second-order valence-electron chi connectivity index (χ2n) is 4.38. The van der Waals surface area contributed by atoms with Crippen molar-refractivity contribution in [3.63, 3.8) is 0 Å². The number of rotatable bonds is 2. The molecule has 1 atom stereocenters. The predicted molar refractivity (Wildman–Crippen MR) is 64.0 cm³/mol. The average Bonchev–Trinajstić information content (AvgIpc) is 2.91. The summed E-state index contributed by atoms with van der Waals surface area (Å²) in [5.74, 6) is -0.218. The molecule has 88 valence electrons. The molecular formula is C13H14FN3. The van der Waals surface area contributed by atoms with Crippen LogP contribution >= 0.6 is 0 Å². The quantitative estimate of drug-likeness (QED) is 0.860. The molecule has 2 N–H and O–H groups in total. The fourth-order valence-electron chi connectivity index (χ4n) is 2.47. The number of hydrogen-bond donors (Lipinski definition) is 1. The second kappa shape index (κ2) is 3.96. The molecule has 4 heteroatoms. The van der Waals surface area contributed by atoms with E-state index in [9.17, 15) is 4.39 Å². The summed E-state index contributed by atoms with van der Waals surface area (Å²) in [6, 6.07) is 6.85. The third kappa shape index (κ3) is 1.65. The fourth-order valence-corrected chi connectivity index (χ4v) is 2.47. The van der Waals surface area contributed by atoms with E-state index >= 15 is 0 Å². The van der Waals surface area contributed by atoms with Crippen LogP contribution in [0.5, 0.6) is 0 Å². The minimum Gasteiger partial charge on any atom is -0.330 e. The molecule has 1 unspecified atom stereocenters. The van der Waals surface area contributed by atoms with Gasteiger partial charge in [0.05, 0.1) is 12.0 Å². The standard InChI is InChI=1S/C13H14FN3/c14-10-3-1-9(2-4-10)13-12-6-5-11(7-15)17(12)8-16-13/h1-4,8,11H,5-7,15H2. The molecule has 3 nitrogen and oxygen atoms in total. The van der Waals surface area contributed by atoms with Gasteiger partial charge in [-0.2, -0.15) is 0 Å². The van der Waals surface area contributed by atoms with E-state index in [2.05, 4.69) is 9.55 Å². The molecule has 1 aliphatic heterocycles. The van der Waals surface area contributed by atoms with Gasteiger partial charge in [0.1, 0.15) is 5.82 Å². The number of aromatic nitrogens is 2. The Labute approximate surface area is 99.1 Å². The van der Waals surface area contributed by atoms with Crippen LogP contribution in [0.1, 0.15) is 18.2 Å². The Morgan fingerprint density at radius 3 is 2.82 bits per heavy atom. The van der Waals surface area contributed by atoms with Crippen molar-refractivity contribution in [2.24, 2.45) is 5.73 Å². The van der Waals surface area contributed by atoms with Crippen LogP contribution in [0.3, 0.4) is 0 Å². The van der Waals surface area contributed by atoms with Gasteiger partial charge in [-0.1, -0.05) is 0 Å². The minimum absolute atomic E-state index is 0.218. The van der Waals surface area contributed by atoms with E-state index in [-0.39, 0.29) is 5.82 Å². The summed E-state index contributed by atoms with van der Waals surface area (Å²) in [6.45, 7) is 0.645. The molecule has 0 bridgehead atoms. The lowest BCUT2D eigenvalue weighted by atomic mass is 10.1. The third-order valence-corrected chi connectivity index (χ3v) is 3.39. The smallest absolute Gasteiger partial charge is 0.123 e. The summed E-state index contributed by atoms with van der Waals surface area (Å²) in [7, 11) is 0. The van der Waals surface area contributed by atoms with Crippen molar-refractivity contribution >= 4 is 0 Å². The van der Waals surface area contributed by atoms with Crippen molar-refractivity contribution in [2.45, 2.75) is 18.9 Å².